The third-order valence-electron chi connectivity index (χ3n) is 2.88. The zero-order chi connectivity index (χ0) is 14.5. The number of hydrogen-bond acceptors (Lipinski definition) is 3. The fourth-order valence-electron chi connectivity index (χ4n) is 1.79. The minimum Gasteiger partial charge on any atom is -0.497 e. The van der Waals surface area contributed by atoms with Gasteiger partial charge in [-0.15, -0.1) is 0 Å². The van der Waals surface area contributed by atoms with E-state index in [-0.39, 0.29) is 0 Å². The average Bonchev–Trinajstić information content (AvgIpc) is 2.48. The molecule has 0 unspecified atom stereocenters. The molecular weight excluding hydrogens is 342 g/mol. The summed E-state index contributed by atoms with van der Waals surface area (Å²) in [6, 6.07) is 11.5. The lowest BCUT2D eigenvalue weighted by Crippen LogP contribution is -2.01. The highest BCUT2D eigenvalue weighted by Crippen LogP contribution is 2.30. The Hall–Kier alpha value is -1.39. The lowest BCUT2D eigenvalue weighted by molar-refractivity contribution is 0.395. The van der Waals surface area contributed by atoms with Gasteiger partial charge in [0.05, 0.1) is 24.9 Å². The SMILES string of the molecule is COc1ccc(NCc2ccc(Br)c(Cl)c2)c(OC)c1. The Morgan fingerprint density at radius 3 is 2.55 bits per heavy atom. The first-order valence-electron chi connectivity index (χ1n) is 6.04. The molecule has 0 saturated carbocycles. The predicted molar refractivity (Wildman–Crippen MR) is 86.0 cm³/mol. The molecule has 106 valence electrons. The van der Waals surface area contributed by atoms with Gasteiger partial charge in [-0.2, -0.15) is 0 Å². The van der Waals surface area contributed by atoms with Crippen molar-refractivity contribution in [1.82, 2.24) is 0 Å². The van der Waals surface area contributed by atoms with Gasteiger partial charge < -0.3 is 14.8 Å². The average molecular weight is 357 g/mol. The van der Waals surface area contributed by atoms with E-state index >= 15 is 0 Å². The maximum Gasteiger partial charge on any atom is 0.145 e. The fraction of sp³-hybridized carbons (Fsp3) is 0.200. The van der Waals surface area contributed by atoms with Crippen LogP contribution in [-0.2, 0) is 6.54 Å². The van der Waals surface area contributed by atoms with Crippen molar-refractivity contribution in [3.05, 3.63) is 51.5 Å². The molecule has 20 heavy (non-hydrogen) atoms. The molecule has 2 aromatic rings. The van der Waals surface area contributed by atoms with Gasteiger partial charge in [0.15, 0.2) is 0 Å². The smallest absolute Gasteiger partial charge is 0.145 e. The summed E-state index contributed by atoms with van der Waals surface area (Å²) in [6.45, 7) is 0.662. The number of halogens is 2. The molecule has 0 aromatic heterocycles. The number of ether oxygens (including phenoxy) is 2. The van der Waals surface area contributed by atoms with E-state index in [0.29, 0.717) is 11.6 Å². The van der Waals surface area contributed by atoms with Crippen LogP contribution < -0.4 is 14.8 Å². The molecule has 0 spiro atoms. The summed E-state index contributed by atoms with van der Waals surface area (Å²) in [5.74, 6) is 1.51. The number of anilines is 1. The summed E-state index contributed by atoms with van der Waals surface area (Å²) in [5.41, 5.74) is 2.00. The molecule has 0 aliphatic carbocycles. The standard InChI is InChI=1S/C15H15BrClNO2/c1-19-11-4-6-14(15(8-11)20-2)18-9-10-3-5-12(16)13(17)7-10/h3-8,18H,9H2,1-2H3. The van der Waals surface area contributed by atoms with Crippen LogP contribution in [-0.4, -0.2) is 14.2 Å². The van der Waals surface area contributed by atoms with Gasteiger partial charge >= 0.3 is 0 Å². The van der Waals surface area contributed by atoms with Crippen LogP contribution >= 0.6 is 27.5 Å². The third-order valence-corrected chi connectivity index (χ3v) is 4.11. The van der Waals surface area contributed by atoms with E-state index < -0.39 is 0 Å². The predicted octanol–water partition coefficient (Wildman–Crippen LogP) is 4.73. The highest BCUT2D eigenvalue weighted by Gasteiger charge is 2.05. The largest absolute Gasteiger partial charge is 0.497 e. The minimum absolute atomic E-state index is 0.662. The summed E-state index contributed by atoms with van der Waals surface area (Å²) in [6.07, 6.45) is 0. The molecular formula is C15H15BrClNO2. The summed E-state index contributed by atoms with van der Waals surface area (Å²) in [7, 11) is 3.27. The molecule has 0 saturated heterocycles. The number of methoxy groups -OCH3 is 2. The first kappa shape index (κ1) is 15.0. The van der Waals surface area contributed by atoms with E-state index in [4.69, 9.17) is 21.1 Å². The van der Waals surface area contributed by atoms with Crippen molar-refractivity contribution in [3.8, 4) is 11.5 Å². The second-order valence-corrected chi connectivity index (χ2v) is 5.43. The number of benzene rings is 2. The molecule has 0 aliphatic heterocycles. The summed E-state index contributed by atoms with van der Waals surface area (Å²) in [5, 5.41) is 4.02. The van der Waals surface area contributed by atoms with Gasteiger partial charge in [-0.05, 0) is 45.8 Å². The normalized spacial score (nSPS) is 10.2. The summed E-state index contributed by atoms with van der Waals surface area (Å²) in [4.78, 5) is 0. The Kier molecular flexibility index (Phi) is 5.15. The first-order chi connectivity index (χ1) is 9.63. The molecule has 0 fully saturated rings. The number of rotatable bonds is 5. The lowest BCUT2D eigenvalue weighted by Gasteiger charge is -2.12. The molecule has 2 aromatic carbocycles. The van der Waals surface area contributed by atoms with Crippen LogP contribution in [0, 0.1) is 0 Å². The van der Waals surface area contributed by atoms with Crippen LogP contribution in [0.2, 0.25) is 5.02 Å². The van der Waals surface area contributed by atoms with Crippen molar-refractivity contribution < 1.29 is 9.47 Å². The molecule has 0 radical (unpaired) electrons. The minimum atomic E-state index is 0.662. The van der Waals surface area contributed by atoms with Crippen molar-refractivity contribution in [2.45, 2.75) is 6.54 Å². The number of hydrogen-bond donors (Lipinski definition) is 1. The molecule has 0 aliphatic rings. The third kappa shape index (κ3) is 3.58. The molecule has 0 heterocycles. The fourth-order valence-corrected chi connectivity index (χ4v) is 2.24. The summed E-state index contributed by atoms with van der Waals surface area (Å²) >= 11 is 9.46. The van der Waals surface area contributed by atoms with Gasteiger partial charge in [0.2, 0.25) is 0 Å². The van der Waals surface area contributed by atoms with E-state index in [1.165, 1.54) is 0 Å². The van der Waals surface area contributed by atoms with Gasteiger partial charge in [-0.3, -0.25) is 0 Å². The molecule has 0 atom stereocenters. The highest BCUT2D eigenvalue weighted by molar-refractivity contribution is 9.10. The van der Waals surface area contributed by atoms with Gasteiger partial charge in [-0.25, -0.2) is 0 Å². The van der Waals surface area contributed by atoms with E-state index in [1.54, 1.807) is 14.2 Å². The zero-order valence-electron chi connectivity index (χ0n) is 11.2. The van der Waals surface area contributed by atoms with Gasteiger partial charge in [0.1, 0.15) is 11.5 Å². The summed E-state index contributed by atoms with van der Waals surface area (Å²) < 4.78 is 11.4. The van der Waals surface area contributed by atoms with Crippen molar-refractivity contribution in [2.24, 2.45) is 0 Å². The van der Waals surface area contributed by atoms with Crippen LogP contribution in [0.25, 0.3) is 0 Å². The Morgan fingerprint density at radius 1 is 1.10 bits per heavy atom. The monoisotopic (exact) mass is 355 g/mol. The van der Waals surface area contributed by atoms with Crippen LogP contribution in [0.3, 0.4) is 0 Å². The first-order valence-corrected chi connectivity index (χ1v) is 7.21. The zero-order valence-corrected chi connectivity index (χ0v) is 13.6. The highest BCUT2D eigenvalue weighted by atomic mass is 79.9. The second kappa shape index (κ2) is 6.86. The maximum absolute atomic E-state index is 6.08. The Bertz CT molecular complexity index is 604. The lowest BCUT2D eigenvalue weighted by atomic mass is 10.2. The second-order valence-electron chi connectivity index (χ2n) is 4.17. The van der Waals surface area contributed by atoms with Crippen molar-refractivity contribution in [1.29, 1.82) is 0 Å². The van der Waals surface area contributed by atoms with E-state index in [2.05, 4.69) is 21.2 Å². The van der Waals surface area contributed by atoms with E-state index in [0.717, 1.165) is 27.2 Å². The topological polar surface area (TPSA) is 30.5 Å². The molecule has 0 amide bonds. The van der Waals surface area contributed by atoms with Crippen LogP contribution in [0.4, 0.5) is 5.69 Å². The van der Waals surface area contributed by atoms with Crippen LogP contribution in [0.15, 0.2) is 40.9 Å². The molecule has 0 bridgehead atoms. The van der Waals surface area contributed by atoms with E-state index in [1.807, 2.05) is 36.4 Å². The molecule has 1 N–H and O–H groups in total. The Balaban J connectivity index is 2.12. The van der Waals surface area contributed by atoms with Gasteiger partial charge in [0, 0.05) is 17.1 Å². The van der Waals surface area contributed by atoms with E-state index in [9.17, 15) is 0 Å². The van der Waals surface area contributed by atoms with Gasteiger partial charge in [0.25, 0.3) is 0 Å². The molecule has 2 rings (SSSR count). The van der Waals surface area contributed by atoms with Crippen molar-refractivity contribution in [3.63, 3.8) is 0 Å². The molecule has 5 heteroatoms. The quantitative estimate of drug-likeness (QED) is 0.840. The number of nitrogens with one attached hydrogen (secondary N) is 1. The maximum atomic E-state index is 6.08. The van der Waals surface area contributed by atoms with Crippen molar-refractivity contribution >= 4 is 33.2 Å². The van der Waals surface area contributed by atoms with Crippen molar-refractivity contribution in [2.75, 3.05) is 19.5 Å². The molecule has 3 nitrogen and oxygen atoms in total. The Labute approximate surface area is 132 Å². The Morgan fingerprint density at radius 2 is 1.90 bits per heavy atom. The van der Waals surface area contributed by atoms with Gasteiger partial charge in [-0.1, -0.05) is 17.7 Å². The van der Waals surface area contributed by atoms with Crippen LogP contribution in [0.1, 0.15) is 5.56 Å². The van der Waals surface area contributed by atoms with Crippen LogP contribution in [0.5, 0.6) is 11.5 Å².